The zero-order valence-corrected chi connectivity index (χ0v) is 15.8. The van der Waals surface area contributed by atoms with Gasteiger partial charge in [0.15, 0.2) is 0 Å². The largest absolute Gasteiger partial charge is 0.508 e. The topological polar surface area (TPSA) is 102 Å². The van der Waals surface area contributed by atoms with Crippen LogP contribution >= 0.6 is 0 Å². The number of carbonyl (C=O) groups excluding carboxylic acids is 1. The molecular formula is C22H20N2O5. The maximum absolute atomic E-state index is 12.4. The number of non-ortho nitro benzene ring substituents is 1. The predicted molar refractivity (Wildman–Crippen MR) is 108 cm³/mol. The summed E-state index contributed by atoms with van der Waals surface area (Å²) in [6, 6.07) is 18.4. The van der Waals surface area contributed by atoms with Crippen molar-refractivity contribution in [3.8, 4) is 11.5 Å². The Morgan fingerprint density at radius 2 is 1.90 bits per heavy atom. The van der Waals surface area contributed by atoms with Crippen molar-refractivity contribution in [2.75, 3.05) is 0 Å². The molecule has 0 aliphatic rings. The van der Waals surface area contributed by atoms with Crippen LogP contribution in [0, 0.1) is 17.0 Å². The average Bonchev–Trinajstić information content (AvgIpc) is 2.71. The first-order valence-corrected chi connectivity index (χ1v) is 8.95. The number of aryl methyl sites for hydroxylation is 1. The molecule has 0 aromatic heterocycles. The van der Waals surface area contributed by atoms with E-state index >= 15 is 0 Å². The number of phenolic OH excluding ortho intramolecular Hbond substituents is 1. The predicted octanol–water partition coefficient (Wildman–Crippen LogP) is 4.12. The molecule has 0 bridgehead atoms. The molecule has 0 spiro atoms. The molecule has 0 saturated carbocycles. The van der Waals surface area contributed by atoms with Crippen LogP contribution in [0.15, 0.2) is 66.7 Å². The summed E-state index contributed by atoms with van der Waals surface area (Å²) < 4.78 is 5.77. The summed E-state index contributed by atoms with van der Waals surface area (Å²) in [5.41, 5.74) is 2.67. The summed E-state index contributed by atoms with van der Waals surface area (Å²) >= 11 is 0. The van der Waals surface area contributed by atoms with E-state index in [1.807, 2.05) is 31.2 Å². The van der Waals surface area contributed by atoms with E-state index < -0.39 is 4.92 Å². The molecule has 0 unspecified atom stereocenters. The Labute approximate surface area is 167 Å². The highest BCUT2D eigenvalue weighted by Gasteiger charge is 2.12. The van der Waals surface area contributed by atoms with Crippen molar-refractivity contribution in [1.29, 1.82) is 0 Å². The molecule has 1 amide bonds. The fourth-order valence-electron chi connectivity index (χ4n) is 2.80. The molecule has 29 heavy (non-hydrogen) atoms. The standard InChI is InChI=1S/C22H20N2O5/c1-15-4-2-5-16(10-15)14-29-20-7-3-6-17(12-20)22(26)23-13-18-11-19(24(27)28)8-9-21(18)25/h2-12,25H,13-14H2,1H3,(H,23,26). The monoisotopic (exact) mass is 392 g/mol. The number of ether oxygens (including phenoxy) is 1. The highest BCUT2D eigenvalue weighted by Crippen LogP contribution is 2.23. The SMILES string of the molecule is Cc1cccc(COc2cccc(C(=O)NCc3cc([N+](=O)[O-])ccc3O)c2)c1. The normalized spacial score (nSPS) is 10.4. The molecule has 7 heteroatoms. The van der Waals surface area contributed by atoms with Gasteiger partial charge in [0, 0.05) is 29.8 Å². The van der Waals surface area contributed by atoms with Gasteiger partial charge in [-0.1, -0.05) is 35.9 Å². The summed E-state index contributed by atoms with van der Waals surface area (Å²) in [6.45, 7) is 2.35. The summed E-state index contributed by atoms with van der Waals surface area (Å²) in [4.78, 5) is 22.7. The lowest BCUT2D eigenvalue weighted by Gasteiger charge is -2.10. The van der Waals surface area contributed by atoms with Gasteiger partial charge in [-0.3, -0.25) is 14.9 Å². The third-order valence-corrected chi connectivity index (χ3v) is 4.30. The Morgan fingerprint density at radius 3 is 2.66 bits per heavy atom. The van der Waals surface area contributed by atoms with Crippen LogP contribution in [0.5, 0.6) is 11.5 Å². The van der Waals surface area contributed by atoms with Crippen LogP contribution in [0.4, 0.5) is 5.69 Å². The average molecular weight is 392 g/mol. The minimum atomic E-state index is -0.556. The van der Waals surface area contributed by atoms with Crippen LogP contribution in [0.3, 0.4) is 0 Å². The fourth-order valence-corrected chi connectivity index (χ4v) is 2.80. The molecule has 7 nitrogen and oxygen atoms in total. The lowest BCUT2D eigenvalue weighted by molar-refractivity contribution is -0.384. The molecular weight excluding hydrogens is 372 g/mol. The molecule has 0 heterocycles. The summed E-state index contributed by atoms with van der Waals surface area (Å²) in [5, 5.41) is 23.4. The summed E-state index contributed by atoms with van der Waals surface area (Å²) in [6.07, 6.45) is 0. The number of benzene rings is 3. The Balaban J connectivity index is 1.63. The quantitative estimate of drug-likeness (QED) is 0.465. The van der Waals surface area contributed by atoms with Gasteiger partial charge < -0.3 is 15.2 Å². The fraction of sp³-hybridized carbons (Fsp3) is 0.136. The van der Waals surface area contributed by atoms with E-state index in [0.717, 1.165) is 11.1 Å². The molecule has 3 aromatic carbocycles. The third-order valence-electron chi connectivity index (χ3n) is 4.30. The second kappa shape index (κ2) is 8.88. The maximum atomic E-state index is 12.4. The number of phenols is 1. The summed E-state index contributed by atoms with van der Waals surface area (Å²) in [7, 11) is 0. The number of nitrogens with zero attached hydrogens (tertiary/aromatic N) is 1. The lowest BCUT2D eigenvalue weighted by Crippen LogP contribution is -2.22. The number of hydrogen-bond acceptors (Lipinski definition) is 5. The van der Waals surface area contributed by atoms with Crippen molar-refractivity contribution in [3.05, 3.63) is 99.1 Å². The second-order valence-corrected chi connectivity index (χ2v) is 6.56. The molecule has 0 radical (unpaired) electrons. The van der Waals surface area contributed by atoms with Gasteiger partial charge in [-0.05, 0) is 36.8 Å². The van der Waals surface area contributed by atoms with E-state index in [-0.39, 0.29) is 29.5 Å². The van der Waals surface area contributed by atoms with Gasteiger partial charge >= 0.3 is 0 Å². The first-order chi connectivity index (χ1) is 13.9. The molecule has 0 fully saturated rings. The molecule has 0 aliphatic carbocycles. The van der Waals surface area contributed by atoms with Crippen LogP contribution in [-0.2, 0) is 13.2 Å². The second-order valence-electron chi connectivity index (χ2n) is 6.56. The lowest BCUT2D eigenvalue weighted by atomic mass is 10.1. The molecule has 0 saturated heterocycles. The van der Waals surface area contributed by atoms with E-state index in [2.05, 4.69) is 5.32 Å². The van der Waals surface area contributed by atoms with Gasteiger partial charge in [0.25, 0.3) is 11.6 Å². The van der Waals surface area contributed by atoms with Crippen LogP contribution in [-0.4, -0.2) is 15.9 Å². The number of aromatic hydroxyl groups is 1. The van der Waals surface area contributed by atoms with Gasteiger partial charge in [-0.15, -0.1) is 0 Å². The van der Waals surface area contributed by atoms with Crippen LogP contribution in [0.2, 0.25) is 0 Å². The van der Waals surface area contributed by atoms with E-state index in [9.17, 15) is 20.0 Å². The zero-order valence-electron chi connectivity index (χ0n) is 15.8. The minimum absolute atomic E-state index is 0.0409. The molecule has 0 atom stereocenters. The van der Waals surface area contributed by atoms with Crippen LogP contribution in [0.25, 0.3) is 0 Å². The highest BCUT2D eigenvalue weighted by atomic mass is 16.6. The highest BCUT2D eigenvalue weighted by molar-refractivity contribution is 5.94. The number of nitro benzene ring substituents is 1. The maximum Gasteiger partial charge on any atom is 0.270 e. The van der Waals surface area contributed by atoms with Gasteiger partial charge in [0.05, 0.1) is 4.92 Å². The van der Waals surface area contributed by atoms with E-state index in [0.29, 0.717) is 17.9 Å². The number of nitrogens with one attached hydrogen (secondary N) is 1. The van der Waals surface area contributed by atoms with Crippen molar-refractivity contribution in [1.82, 2.24) is 5.32 Å². The van der Waals surface area contributed by atoms with Crippen molar-refractivity contribution in [2.24, 2.45) is 0 Å². The molecule has 3 rings (SSSR count). The first-order valence-electron chi connectivity index (χ1n) is 8.95. The smallest absolute Gasteiger partial charge is 0.270 e. The van der Waals surface area contributed by atoms with E-state index in [1.54, 1.807) is 24.3 Å². The minimum Gasteiger partial charge on any atom is -0.508 e. The molecule has 148 valence electrons. The number of amides is 1. The Bertz CT molecular complexity index is 1050. The van der Waals surface area contributed by atoms with Crippen molar-refractivity contribution in [3.63, 3.8) is 0 Å². The van der Waals surface area contributed by atoms with Gasteiger partial charge in [-0.2, -0.15) is 0 Å². The van der Waals surface area contributed by atoms with Gasteiger partial charge in [-0.25, -0.2) is 0 Å². The Hall–Kier alpha value is -3.87. The summed E-state index contributed by atoms with van der Waals surface area (Å²) in [5.74, 6) is 0.0559. The third kappa shape index (κ3) is 5.32. The number of nitro groups is 1. The van der Waals surface area contributed by atoms with Gasteiger partial charge in [0.2, 0.25) is 0 Å². The molecule has 0 aliphatic heterocycles. The van der Waals surface area contributed by atoms with E-state index in [1.165, 1.54) is 18.2 Å². The van der Waals surface area contributed by atoms with Crippen LogP contribution < -0.4 is 10.1 Å². The number of rotatable bonds is 7. The van der Waals surface area contributed by atoms with E-state index in [4.69, 9.17) is 4.74 Å². The Kier molecular flexibility index (Phi) is 6.09. The van der Waals surface area contributed by atoms with Crippen molar-refractivity contribution in [2.45, 2.75) is 20.1 Å². The number of carbonyl (C=O) groups is 1. The van der Waals surface area contributed by atoms with Crippen molar-refractivity contribution < 1.29 is 19.6 Å². The first kappa shape index (κ1) is 19.9. The Morgan fingerprint density at radius 1 is 1.10 bits per heavy atom. The van der Waals surface area contributed by atoms with Crippen LogP contribution in [0.1, 0.15) is 27.0 Å². The number of hydrogen-bond donors (Lipinski definition) is 2. The molecule has 3 aromatic rings. The molecule has 2 N–H and O–H groups in total. The zero-order chi connectivity index (χ0) is 20.8. The van der Waals surface area contributed by atoms with Gasteiger partial charge in [0.1, 0.15) is 18.1 Å². The van der Waals surface area contributed by atoms with Crippen molar-refractivity contribution >= 4 is 11.6 Å².